The molecule has 0 saturated heterocycles. The summed E-state index contributed by atoms with van der Waals surface area (Å²) < 4.78 is 0. The number of para-hydroxylation sites is 1. The predicted octanol–water partition coefficient (Wildman–Crippen LogP) is 4.65. The molecule has 5 heteroatoms. The molecule has 0 radical (unpaired) electrons. The molecule has 2 aromatic rings. The van der Waals surface area contributed by atoms with Gasteiger partial charge in [-0.15, -0.1) is 0 Å². The van der Waals surface area contributed by atoms with Crippen molar-refractivity contribution in [1.29, 1.82) is 0 Å². The van der Waals surface area contributed by atoms with Crippen LogP contribution >= 0.6 is 11.6 Å². The van der Waals surface area contributed by atoms with Crippen molar-refractivity contribution < 1.29 is 0 Å². The highest BCUT2D eigenvalue weighted by atomic mass is 35.5. The second kappa shape index (κ2) is 9.05. The Labute approximate surface area is 137 Å². The van der Waals surface area contributed by atoms with E-state index in [4.69, 9.17) is 11.6 Å². The first kappa shape index (κ1) is 18.0. The van der Waals surface area contributed by atoms with E-state index in [1.165, 1.54) is 0 Å². The fraction of sp³-hybridized carbons (Fsp3) is 0.294. The Morgan fingerprint density at radius 3 is 2.59 bits per heavy atom. The molecule has 1 aromatic heterocycles. The van der Waals surface area contributed by atoms with Crippen molar-refractivity contribution in [3.63, 3.8) is 0 Å². The molecule has 0 atom stereocenters. The average Bonchev–Trinajstić information content (AvgIpc) is 2.57. The molecule has 118 valence electrons. The molecular weight excluding hydrogens is 296 g/mol. The number of nitrogens with zero attached hydrogens (tertiary/aromatic N) is 2. The first-order valence-corrected chi connectivity index (χ1v) is 7.78. The number of benzene rings is 1. The zero-order chi connectivity index (χ0) is 16.5. The van der Waals surface area contributed by atoms with E-state index < -0.39 is 0 Å². The molecule has 0 unspecified atom stereocenters. The number of anilines is 2. The Hall–Kier alpha value is -2.07. The summed E-state index contributed by atoms with van der Waals surface area (Å²) in [5, 5.41) is 6.60. The number of aryl methyl sites for hydroxylation is 1. The van der Waals surface area contributed by atoms with Gasteiger partial charge >= 0.3 is 0 Å². The number of hydrogen-bond acceptors (Lipinski definition) is 4. The molecule has 4 nitrogen and oxygen atoms in total. The fourth-order valence-corrected chi connectivity index (χ4v) is 2.00. The monoisotopic (exact) mass is 318 g/mol. The summed E-state index contributed by atoms with van der Waals surface area (Å²) in [6, 6.07) is 7.91. The van der Waals surface area contributed by atoms with E-state index in [0.717, 1.165) is 34.8 Å². The van der Waals surface area contributed by atoms with E-state index in [0.29, 0.717) is 0 Å². The molecule has 0 aliphatic heterocycles. The Bertz CT molecular complexity index is 626. The standard InChI is InChI=1S/C15H17ClN4.C2H6/c1-4-11-9-18-15(16)20-14(11)19-13-8-6-5-7-12(13)10(2)17-3;1-2/h5-9,17H,2,4H2,1,3H3,(H,18,19,20);1-2H3. The van der Waals surface area contributed by atoms with Crippen LogP contribution in [0.5, 0.6) is 0 Å². The number of hydrogen-bond donors (Lipinski definition) is 2. The summed E-state index contributed by atoms with van der Waals surface area (Å²) in [5.74, 6) is 0.726. The van der Waals surface area contributed by atoms with E-state index >= 15 is 0 Å². The van der Waals surface area contributed by atoms with Crippen molar-refractivity contribution >= 4 is 28.8 Å². The summed E-state index contributed by atoms with van der Waals surface area (Å²) in [4.78, 5) is 8.27. The Morgan fingerprint density at radius 2 is 1.95 bits per heavy atom. The molecule has 0 aliphatic carbocycles. The minimum absolute atomic E-state index is 0.231. The van der Waals surface area contributed by atoms with E-state index in [1.807, 2.05) is 45.2 Å². The van der Waals surface area contributed by atoms with E-state index in [1.54, 1.807) is 6.20 Å². The average molecular weight is 319 g/mol. The van der Waals surface area contributed by atoms with Gasteiger partial charge in [0.15, 0.2) is 0 Å². The molecule has 1 aromatic carbocycles. The summed E-state index contributed by atoms with van der Waals surface area (Å²) in [7, 11) is 1.85. The maximum atomic E-state index is 5.88. The summed E-state index contributed by atoms with van der Waals surface area (Å²) in [6.45, 7) is 10.0. The molecule has 1 heterocycles. The molecule has 2 N–H and O–H groups in total. The zero-order valence-electron chi connectivity index (χ0n) is 13.6. The second-order valence-electron chi connectivity index (χ2n) is 4.27. The number of nitrogens with one attached hydrogen (secondary N) is 2. The molecule has 0 aliphatic rings. The van der Waals surface area contributed by atoms with Crippen LogP contribution < -0.4 is 10.6 Å². The van der Waals surface area contributed by atoms with E-state index in [-0.39, 0.29) is 5.28 Å². The first-order valence-electron chi connectivity index (χ1n) is 7.40. The van der Waals surface area contributed by atoms with Crippen LogP contribution in [-0.2, 0) is 6.42 Å². The highest BCUT2D eigenvalue weighted by molar-refractivity contribution is 6.28. The topological polar surface area (TPSA) is 49.8 Å². The van der Waals surface area contributed by atoms with Gasteiger partial charge in [-0.05, 0) is 24.1 Å². The van der Waals surface area contributed by atoms with Crippen LogP contribution in [0.15, 0.2) is 37.0 Å². The van der Waals surface area contributed by atoms with Crippen LogP contribution in [0.4, 0.5) is 11.5 Å². The van der Waals surface area contributed by atoms with Gasteiger partial charge in [-0.2, -0.15) is 0 Å². The van der Waals surface area contributed by atoms with Crippen LogP contribution in [0, 0.1) is 0 Å². The van der Waals surface area contributed by atoms with Crippen molar-refractivity contribution in [1.82, 2.24) is 15.3 Å². The molecule has 0 fully saturated rings. The third-order valence-electron chi connectivity index (χ3n) is 3.02. The minimum atomic E-state index is 0.231. The second-order valence-corrected chi connectivity index (χ2v) is 4.60. The quantitative estimate of drug-likeness (QED) is 0.788. The van der Waals surface area contributed by atoms with Gasteiger partial charge < -0.3 is 10.6 Å². The Kier molecular flexibility index (Phi) is 7.40. The smallest absolute Gasteiger partial charge is 0.224 e. The van der Waals surface area contributed by atoms with Crippen molar-refractivity contribution in [2.45, 2.75) is 27.2 Å². The van der Waals surface area contributed by atoms with Crippen molar-refractivity contribution in [3.05, 3.63) is 53.5 Å². The number of aromatic nitrogens is 2. The molecule has 0 amide bonds. The summed E-state index contributed by atoms with van der Waals surface area (Å²) in [5.41, 5.74) is 3.77. The third kappa shape index (κ3) is 4.46. The van der Waals surface area contributed by atoms with Gasteiger partial charge in [0.1, 0.15) is 5.82 Å². The summed E-state index contributed by atoms with van der Waals surface area (Å²) >= 11 is 5.88. The highest BCUT2D eigenvalue weighted by Gasteiger charge is 2.09. The molecular formula is C17H23ClN4. The van der Waals surface area contributed by atoms with Gasteiger partial charge in [0.2, 0.25) is 5.28 Å². The lowest BCUT2D eigenvalue weighted by Crippen LogP contribution is -2.07. The van der Waals surface area contributed by atoms with Gasteiger partial charge in [0.25, 0.3) is 0 Å². The lowest BCUT2D eigenvalue weighted by Gasteiger charge is -2.15. The van der Waals surface area contributed by atoms with Gasteiger partial charge in [0, 0.05) is 35.8 Å². The van der Waals surface area contributed by atoms with Crippen LogP contribution in [0.1, 0.15) is 31.9 Å². The maximum Gasteiger partial charge on any atom is 0.224 e. The first-order chi connectivity index (χ1) is 10.7. The minimum Gasteiger partial charge on any atom is -0.388 e. The van der Waals surface area contributed by atoms with Crippen molar-refractivity contribution in [2.75, 3.05) is 12.4 Å². The van der Waals surface area contributed by atoms with Crippen LogP contribution in [0.25, 0.3) is 5.70 Å². The fourth-order valence-electron chi connectivity index (χ4n) is 1.87. The zero-order valence-corrected chi connectivity index (χ0v) is 14.3. The van der Waals surface area contributed by atoms with Gasteiger partial charge in [-0.25, -0.2) is 9.97 Å². The maximum absolute atomic E-state index is 5.88. The SMILES string of the molecule is C=C(NC)c1ccccc1Nc1nc(Cl)ncc1CC.CC. The van der Waals surface area contributed by atoms with Crippen LogP contribution in [0.2, 0.25) is 5.28 Å². The molecule has 22 heavy (non-hydrogen) atoms. The van der Waals surface area contributed by atoms with Crippen molar-refractivity contribution in [2.24, 2.45) is 0 Å². The highest BCUT2D eigenvalue weighted by Crippen LogP contribution is 2.26. The predicted molar refractivity (Wildman–Crippen MR) is 95.6 cm³/mol. The Balaban J connectivity index is 0.00000116. The lowest BCUT2D eigenvalue weighted by atomic mass is 10.1. The van der Waals surface area contributed by atoms with Crippen LogP contribution in [0.3, 0.4) is 0 Å². The number of halogens is 1. The molecule has 0 saturated carbocycles. The Morgan fingerprint density at radius 1 is 1.27 bits per heavy atom. The third-order valence-corrected chi connectivity index (χ3v) is 3.21. The largest absolute Gasteiger partial charge is 0.388 e. The molecule has 2 rings (SSSR count). The lowest BCUT2D eigenvalue weighted by molar-refractivity contribution is 1.05. The van der Waals surface area contributed by atoms with E-state index in [9.17, 15) is 0 Å². The van der Waals surface area contributed by atoms with Crippen LogP contribution in [-0.4, -0.2) is 17.0 Å². The summed E-state index contributed by atoms with van der Waals surface area (Å²) in [6.07, 6.45) is 2.57. The van der Waals surface area contributed by atoms with Crippen molar-refractivity contribution in [3.8, 4) is 0 Å². The van der Waals surface area contributed by atoms with Gasteiger partial charge in [0.05, 0.1) is 0 Å². The molecule has 0 spiro atoms. The molecule has 0 bridgehead atoms. The van der Waals surface area contributed by atoms with E-state index in [2.05, 4.69) is 34.1 Å². The van der Waals surface area contributed by atoms with Gasteiger partial charge in [-0.1, -0.05) is 45.5 Å². The van der Waals surface area contributed by atoms with Gasteiger partial charge in [-0.3, -0.25) is 0 Å². The normalized spacial score (nSPS) is 9.50. The number of rotatable bonds is 5.